The molecule has 3 atom stereocenters. The molecule has 0 radical (unpaired) electrons. The summed E-state index contributed by atoms with van der Waals surface area (Å²) < 4.78 is 0. The van der Waals surface area contributed by atoms with Gasteiger partial charge in [-0.25, -0.2) is 0 Å². The molecule has 0 aromatic heterocycles. The highest BCUT2D eigenvalue weighted by Gasteiger charge is 2.58. The fourth-order valence-corrected chi connectivity index (χ4v) is 3.52. The molecule has 5 nitrogen and oxygen atoms in total. The highest BCUT2D eigenvalue weighted by atomic mass is 16.3. The second-order valence-corrected chi connectivity index (χ2v) is 8.87. The molecule has 0 bridgehead atoms. The van der Waals surface area contributed by atoms with Crippen LogP contribution in [0.5, 0.6) is 0 Å². The van der Waals surface area contributed by atoms with Gasteiger partial charge >= 0.3 is 0 Å². The SMILES string of the molecule is CCC(C)CCC(=O)[C@]1(O)C(O)=C(C(=O)CC(C)C)C(=O)[C@H]1CCC(C)C. The molecule has 1 rings (SSSR count). The van der Waals surface area contributed by atoms with Crippen LogP contribution in [0.15, 0.2) is 11.3 Å². The molecule has 0 aromatic rings. The third-order valence-corrected chi connectivity index (χ3v) is 5.56. The van der Waals surface area contributed by atoms with Crippen LogP contribution in [0.1, 0.15) is 80.1 Å². The van der Waals surface area contributed by atoms with Gasteiger partial charge in [-0.3, -0.25) is 14.4 Å². The molecule has 1 aliphatic rings. The van der Waals surface area contributed by atoms with Crippen LogP contribution >= 0.6 is 0 Å². The molecule has 0 aromatic carbocycles. The lowest BCUT2D eigenvalue weighted by atomic mass is 9.79. The summed E-state index contributed by atoms with van der Waals surface area (Å²) in [6.07, 6.45) is 2.54. The molecule has 0 saturated carbocycles. The molecule has 0 heterocycles. The number of allylic oxidation sites excluding steroid dienone is 1. The molecule has 0 saturated heterocycles. The molecule has 2 N–H and O–H groups in total. The highest BCUT2D eigenvalue weighted by Crippen LogP contribution is 2.42. The van der Waals surface area contributed by atoms with Gasteiger partial charge in [0.15, 0.2) is 23.0 Å². The van der Waals surface area contributed by atoms with Crippen molar-refractivity contribution in [2.75, 3.05) is 0 Å². The monoisotopic (exact) mass is 380 g/mol. The first-order valence-electron chi connectivity index (χ1n) is 10.2. The maximum atomic E-state index is 12.9. The molecule has 0 aliphatic heterocycles. The van der Waals surface area contributed by atoms with Gasteiger partial charge in [0.05, 0.1) is 5.92 Å². The standard InChI is InChI=1S/C22H36O5/c1-7-15(6)9-11-18(24)22(27)16(10-8-13(2)3)20(25)19(21(22)26)17(23)12-14(4)5/h13-16,26-27H,7-12H2,1-6H3/t15?,16-,22+/m1/s1. The van der Waals surface area contributed by atoms with Crippen molar-refractivity contribution in [3.63, 3.8) is 0 Å². The van der Waals surface area contributed by atoms with E-state index in [1.54, 1.807) is 0 Å². The van der Waals surface area contributed by atoms with E-state index in [1.807, 2.05) is 41.5 Å². The van der Waals surface area contributed by atoms with Gasteiger partial charge < -0.3 is 10.2 Å². The first-order chi connectivity index (χ1) is 12.5. The molecular weight excluding hydrogens is 344 g/mol. The van der Waals surface area contributed by atoms with Crippen molar-refractivity contribution in [2.24, 2.45) is 23.7 Å². The Morgan fingerprint density at radius 2 is 1.67 bits per heavy atom. The predicted molar refractivity (Wildman–Crippen MR) is 105 cm³/mol. The van der Waals surface area contributed by atoms with Gasteiger partial charge in [-0.15, -0.1) is 0 Å². The summed E-state index contributed by atoms with van der Waals surface area (Å²) in [6.45, 7) is 11.7. The Morgan fingerprint density at radius 1 is 1.07 bits per heavy atom. The Kier molecular flexibility index (Phi) is 8.40. The average Bonchev–Trinajstić information content (AvgIpc) is 2.76. The van der Waals surface area contributed by atoms with Crippen molar-refractivity contribution >= 4 is 17.3 Å². The second-order valence-electron chi connectivity index (χ2n) is 8.87. The number of hydrogen-bond donors (Lipinski definition) is 2. The van der Waals surface area contributed by atoms with E-state index >= 15 is 0 Å². The minimum absolute atomic E-state index is 0.00881. The van der Waals surface area contributed by atoms with E-state index in [1.165, 1.54) is 0 Å². The van der Waals surface area contributed by atoms with Crippen LogP contribution in [0.3, 0.4) is 0 Å². The zero-order valence-electron chi connectivity index (χ0n) is 17.7. The molecule has 0 amide bonds. The molecule has 27 heavy (non-hydrogen) atoms. The summed E-state index contributed by atoms with van der Waals surface area (Å²) in [5, 5.41) is 21.8. The average molecular weight is 381 g/mol. The van der Waals surface area contributed by atoms with Gasteiger partial charge in [-0.1, -0.05) is 54.4 Å². The minimum Gasteiger partial charge on any atom is -0.508 e. The van der Waals surface area contributed by atoms with Crippen LogP contribution in [0, 0.1) is 23.7 Å². The van der Waals surface area contributed by atoms with Gasteiger partial charge in [0.25, 0.3) is 0 Å². The Labute approximate surface area is 163 Å². The Hall–Kier alpha value is -1.49. The van der Waals surface area contributed by atoms with E-state index in [0.717, 1.165) is 6.42 Å². The van der Waals surface area contributed by atoms with Crippen LogP contribution in [-0.2, 0) is 14.4 Å². The van der Waals surface area contributed by atoms with Crippen molar-refractivity contribution in [3.05, 3.63) is 11.3 Å². The summed E-state index contributed by atoms with van der Waals surface area (Å²) in [7, 11) is 0. The Morgan fingerprint density at radius 3 is 2.15 bits per heavy atom. The lowest BCUT2D eigenvalue weighted by Gasteiger charge is -2.29. The smallest absolute Gasteiger partial charge is 0.190 e. The first kappa shape index (κ1) is 23.5. The summed E-state index contributed by atoms with van der Waals surface area (Å²) in [5.74, 6) is -2.85. The highest BCUT2D eigenvalue weighted by molar-refractivity contribution is 6.25. The number of aliphatic hydroxyl groups excluding tert-OH is 1. The molecule has 0 spiro atoms. The number of Topliss-reactive ketones (excluding diaryl/α,β-unsaturated/α-hetero) is 3. The summed E-state index contributed by atoms with van der Waals surface area (Å²) in [5.41, 5.74) is -2.63. The minimum atomic E-state index is -2.26. The number of ketones is 3. The van der Waals surface area contributed by atoms with Crippen LogP contribution in [-0.4, -0.2) is 33.2 Å². The van der Waals surface area contributed by atoms with Crippen molar-refractivity contribution in [2.45, 2.75) is 85.7 Å². The normalized spacial score (nSPS) is 24.2. The number of aliphatic hydroxyl groups is 2. The van der Waals surface area contributed by atoms with Gasteiger partial charge in [0.1, 0.15) is 11.3 Å². The third-order valence-electron chi connectivity index (χ3n) is 5.56. The zero-order chi connectivity index (χ0) is 20.9. The number of carbonyl (C=O) groups excluding carboxylic acids is 3. The van der Waals surface area contributed by atoms with Crippen LogP contribution in [0.25, 0.3) is 0 Å². The molecule has 5 heteroatoms. The van der Waals surface area contributed by atoms with E-state index < -0.39 is 34.6 Å². The summed E-state index contributed by atoms with van der Waals surface area (Å²) in [4.78, 5) is 38.3. The maximum Gasteiger partial charge on any atom is 0.190 e. The fraction of sp³-hybridized carbons (Fsp3) is 0.773. The molecule has 0 fully saturated rings. The van der Waals surface area contributed by atoms with Crippen LogP contribution < -0.4 is 0 Å². The van der Waals surface area contributed by atoms with Crippen molar-refractivity contribution in [3.8, 4) is 0 Å². The van der Waals surface area contributed by atoms with Gasteiger partial charge in [0, 0.05) is 12.8 Å². The molecular formula is C22H36O5. The number of carbonyl (C=O) groups is 3. The van der Waals surface area contributed by atoms with Crippen molar-refractivity contribution < 1.29 is 24.6 Å². The number of hydrogen-bond acceptors (Lipinski definition) is 5. The molecule has 1 unspecified atom stereocenters. The van der Waals surface area contributed by atoms with E-state index in [9.17, 15) is 24.6 Å². The summed E-state index contributed by atoms with van der Waals surface area (Å²) >= 11 is 0. The second kappa shape index (κ2) is 9.63. The summed E-state index contributed by atoms with van der Waals surface area (Å²) in [6, 6.07) is 0. The maximum absolute atomic E-state index is 12.9. The van der Waals surface area contributed by atoms with Gasteiger partial charge in [0.2, 0.25) is 0 Å². The van der Waals surface area contributed by atoms with Crippen LogP contribution in [0.2, 0.25) is 0 Å². The van der Waals surface area contributed by atoms with Gasteiger partial charge in [-0.05, 0) is 30.6 Å². The lowest BCUT2D eigenvalue weighted by Crippen LogP contribution is -2.47. The third kappa shape index (κ3) is 5.28. The number of rotatable bonds is 11. The van der Waals surface area contributed by atoms with Crippen LogP contribution in [0.4, 0.5) is 0 Å². The van der Waals surface area contributed by atoms with E-state index in [2.05, 4.69) is 0 Å². The van der Waals surface area contributed by atoms with E-state index in [0.29, 0.717) is 18.8 Å². The van der Waals surface area contributed by atoms with Crippen molar-refractivity contribution in [1.29, 1.82) is 0 Å². The quantitative estimate of drug-likeness (QED) is 0.525. The largest absolute Gasteiger partial charge is 0.508 e. The molecule has 1 aliphatic carbocycles. The predicted octanol–water partition coefficient (Wildman–Crippen LogP) is 4.18. The Balaban J connectivity index is 3.24. The topological polar surface area (TPSA) is 91.7 Å². The van der Waals surface area contributed by atoms with Gasteiger partial charge in [-0.2, -0.15) is 0 Å². The lowest BCUT2D eigenvalue weighted by molar-refractivity contribution is -0.145. The van der Waals surface area contributed by atoms with E-state index in [4.69, 9.17) is 0 Å². The first-order valence-corrected chi connectivity index (χ1v) is 10.2. The van der Waals surface area contributed by atoms with Crippen molar-refractivity contribution in [1.82, 2.24) is 0 Å². The Bertz CT molecular complexity index is 602. The molecule has 154 valence electrons. The fourth-order valence-electron chi connectivity index (χ4n) is 3.52. The van der Waals surface area contributed by atoms with E-state index in [-0.39, 0.29) is 36.7 Å². The zero-order valence-corrected chi connectivity index (χ0v) is 17.7.